The first kappa shape index (κ1) is 19.3. The number of nitrogens with zero attached hydrogens (tertiary/aromatic N) is 4. The summed E-state index contributed by atoms with van der Waals surface area (Å²) in [5.74, 6) is 1.45. The van der Waals surface area contributed by atoms with Crippen LogP contribution in [0.4, 0.5) is 0 Å². The fourth-order valence-corrected chi connectivity index (χ4v) is 2.66. The third-order valence-corrected chi connectivity index (χ3v) is 4.03. The van der Waals surface area contributed by atoms with E-state index in [9.17, 15) is 4.79 Å². The lowest BCUT2D eigenvalue weighted by Gasteiger charge is -2.12. The summed E-state index contributed by atoms with van der Waals surface area (Å²) in [6, 6.07) is 12.9. The molecule has 8 nitrogen and oxygen atoms in total. The van der Waals surface area contributed by atoms with E-state index >= 15 is 0 Å². The van der Waals surface area contributed by atoms with Crippen molar-refractivity contribution in [1.82, 2.24) is 25.5 Å². The number of rotatable bonds is 8. The van der Waals surface area contributed by atoms with Gasteiger partial charge in [-0.2, -0.15) is 4.68 Å². The molecule has 0 saturated carbocycles. The van der Waals surface area contributed by atoms with Crippen molar-refractivity contribution in [3.05, 3.63) is 59.4 Å². The molecule has 3 rings (SSSR count). The molecule has 0 atom stereocenters. The highest BCUT2D eigenvalue weighted by molar-refractivity contribution is 5.94. The van der Waals surface area contributed by atoms with Gasteiger partial charge in [-0.05, 0) is 61.5 Å². The van der Waals surface area contributed by atoms with E-state index in [1.54, 1.807) is 22.9 Å². The Balaban J connectivity index is 1.72. The van der Waals surface area contributed by atoms with Crippen LogP contribution in [0.15, 0.2) is 42.5 Å². The van der Waals surface area contributed by atoms with Gasteiger partial charge in [0.2, 0.25) is 0 Å². The number of amides is 1. The number of benzene rings is 2. The van der Waals surface area contributed by atoms with Gasteiger partial charge in [0.25, 0.3) is 5.91 Å². The van der Waals surface area contributed by atoms with E-state index in [1.807, 2.05) is 45.0 Å². The number of hydrogen-bond acceptors (Lipinski definition) is 6. The van der Waals surface area contributed by atoms with Crippen LogP contribution in [-0.4, -0.2) is 39.3 Å². The number of hydrogen-bond donors (Lipinski definition) is 1. The minimum absolute atomic E-state index is 0.191. The Morgan fingerprint density at radius 3 is 2.46 bits per heavy atom. The highest BCUT2D eigenvalue weighted by Crippen LogP contribution is 2.28. The molecule has 0 aliphatic rings. The third-order valence-electron chi connectivity index (χ3n) is 4.03. The molecule has 28 heavy (non-hydrogen) atoms. The van der Waals surface area contributed by atoms with Crippen LogP contribution in [0.2, 0.25) is 0 Å². The van der Waals surface area contributed by atoms with Crippen LogP contribution in [0.3, 0.4) is 0 Å². The second-order valence-corrected chi connectivity index (χ2v) is 6.05. The lowest BCUT2D eigenvalue weighted by Crippen LogP contribution is -2.24. The van der Waals surface area contributed by atoms with Gasteiger partial charge in [-0.1, -0.05) is 17.7 Å². The zero-order chi connectivity index (χ0) is 19.9. The summed E-state index contributed by atoms with van der Waals surface area (Å²) in [4.78, 5) is 12.6. The summed E-state index contributed by atoms with van der Waals surface area (Å²) < 4.78 is 12.7. The van der Waals surface area contributed by atoms with Crippen molar-refractivity contribution in [3.63, 3.8) is 0 Å². The number of carbonyl (C=O) groups excluding carboxylic acids is 1. The topological polar surface area (TPSA) is 91.2 Å². The van der Waals surface area contributed by atoms with Gasteiger partial charge in [-0.3, -0.25) is 4.79 Å². The molecule has 0 fully saturated rings. The summed E-state index contributed by atoms with van der Waals surface area (Å²) in [6.07, 6.45) is 0. The third kappa shape index (κ3) is 4.46. The Labute approximate surface area is 163 Å². The molecule has 1 heterocycles. The normalized spacial score (nSPS) is 10.5. The molecule has 0 aliphatic heterocycles. The Bertz CT molecular complexity index is 937. The molecule has 1 amide bonds. The fraction of sp³-hybridized carbons (Fsp3) is 0.300. The highest BCUT2D eigenvalue weighted by atomic mass is 16.5. The molecule has 146 valence electrons. The number of carbonyl (C=O) groups is 1. The van der Waals surface area contributed by atoms with Gasteiger partial charge in [0, 0.05) is 5.56 Å². The second kappa shape index (κ2) is 8.98. The molecule has 0 bridgehead atoms. The van der Waals surface area contributed by atoms with Crippen LogP contribution in [-0.2, 0) is 6.54 Å². The van der Waals surface area contributed by atoms with E-state index in [0.717, 1.165) is 11.3 Å². The van der Waals surface area contributed by atoms with Crippen molar-refractivity contribution in [3.8, 4) is 17.2 Å². The summed E-state index contributed by atoms with van der Waals surface area (Å²) in [6.45, 7) is 6.99. The Kier molecular flexibility index (Phi) is 6.21. The number of aromatic nitrogens is 4. The van der Waals surface area contributed by atoms with Gasteiger partial charge < -0.3 is 14.8 Å². The minimum atomic E-state index is -0.248. The molecule has 0 unspecified atom stereocenters. The van der Waals surface area contributed by atoms with Gasteiger partial charge in [-0.25, -0.2) is 0 Å². The standard InChI is InChI=1S/C20H23N5O3/c1-4-27-17-11-8-15(12-18(17)28-5-2)20(26)21-13-19-22-23-24-25(19)16-9-6-14(3)7-10-16/h6-12H,4-5,13H2,1-3H3,(H,21,26). The van der Waals surface area contributed by atoms with Crippen LogP contribution < -0.4 is 14.8 Å². The molecule has 0 saturated heterocycles. The van der Waals surface area contributed by atoms with E-state index in [-0.39, 0.29) is 12.5 Å². The average Bonchev–Trinajstić information content (AvgIpc) is 3.17. The molecule has 0 aliphatic carbocycles. The van der Waals surface area contributed by atoms with E-state index < -0.39 is 0 Å². The monoisotopic (exact) mass is 381 g/mol. The number of tetrazole rings is 1. The maximum atomic E-state index is 12.6. The fourth-order valence-electron chi connectivity index (χ4n) is 2.66. The van der Waals surface area contributed by atoms with E-state index in [2.05, 4.69) is 20.8 Å². The lowest BCUT2D eigenvalue weighted by molar-refractivity contribution is 0.0949. The van der Waals surface area contributed by atoms with Crippen LogP contribution in [0, 0.1) is 6.92 Å². The SMILES string of the molecule is CCOc1ccc(C(=O)NCc2nnnn2-c2ccc(C)cc2)cc1OCC. The van der Waals surface area contributed by atoms with E-state index in [0.29, 0.717) is 36.1 Å². The molecule has 1 N–H and O–H groups in total. The molecule has 2 aromatic carbocycles. The summed E-state index contributed by atoms with van der Waals surface area (Å²) in [5.41, 5.74) is 2.45. The van der Waals surface area contributed by atoms with Crippen molar-refractivity contribution >= 4 is 5.91 Å². The zero-order valence-electron chi connectivity index (χ0n) is 16.2. The lowest BCUT2D eigenvalue weighted by atomic mass is 10.2. The van der Waals surface area contributed by atoms with Crippen molar-refractivity contribution in [2.24, 2.45) is 0 Å². The first-order valence-electron chi connectivity index (χ1n) is 9.14. The van der Waals surface area contributed by atoms with Gasteiger partial charge in [0.05, 0.1) is 25.4 Å². The first-order valence-corrected chi connectivity index (χ1v) is 9.14. The summed E-state index contributed by atoms with van der Waals surface area (Å²) >= 11 is 0. The van der Waals surface area contributed by atoms with E-state index in [4.69, 9.17) is 9.47 Å². The highest BCUT2D eigenvalue weighted by Gasteiger charge is 2.14. The van der Waals surface area contributed by atoms with Crippen molar-refractivity contribution in [2.75, 3.05) is 13.2 Å². The molecule has 0 spiro atoms. The maximum absolute atomic E-state index is 12.6. The summed E-state index contributed by atoms with van der Waals surface area (Å²) in [7, 11) is 0. The Hall–Kier alpha value is -3.42. The molecule has 0 radical (unpaired) electrons. The second-order valence-electron chi connectivity index (χ2n) is 6.05. The summed E-state index contributed by atoms with van der Waals surface area (Å²) in [5, 5.41) is 14.6. The smallest absolute Gasteiger partial charge is 0.251 e. The first-order chi connectivity index (χ1) is 13.6. The van der Waals surface area contributed by atoms with Crippen LogP contribution in [0.1, 0.15) is 35.6 Å². The van der Waals surface area contributed by atoms with Crippen molar-refractivity contribution in [2.45, 2.75) is 27.3 Å². The predicted molar refractivity (Wildman–Crippen MR) is 104 cm³/mol. The predicted octanol–water partition coefficient (Wildman–Crippen LogP) is 2.70. The quantitative estimate of drug-likeness (QED) is 0.645. The Morgan fingerprint density at radius 1 is 1.04 bits per heavy atom. The van der Waals surface area contributed by atoms with Crippen molar-refractivity contribution < 1.29 is 14.3 Å². The van der Waals surface area contributed by atoms with Gasteiger partial charge in [-0.15, -0.1) is 5.10 Å². The van der Waals surface area contributed by atoms with Crippen LogP contribution in [0.5, 0.6) is 11.5 Å². The molecule has 3 aromatic rings. The minimum Gasteiger partial charge on any atom is -0.490 e. The Morgan fingerprint density at radius 2 is 1.75 bits per heavy atom. The number of ether oxygens (including phenoxy) is 2. The van der Waals surface area contributed by atoms with Gasteiger partial charge >= 0.3 is 0 Å². The molecule has 1 aromatic heterocycles. The van der Waals surface area contributed by atoms with E-state index in [1.165, 1.54) is 0 Å². The molecule has 8 heteroatoms. The number of aryl methyl sites for hydroxylation is 1. The maximum Gasteiger partial charge on any atom is 0.251 e. The largest absolute Gasteiger partial charge is 0.490 e. The average molecular weight is 381 g/mol. The molecular weight excluding hydrogens is 358 g/mol. The zero-order valence-corrected chi connectivity index (χ0v) is 16.2. The van der Waals surface area contributed by atoms with Crippen molar-refractivity contribution in [1.29, 1.82) is 0 Å². The van der Waals surface area contributed by atoms with Crippen LogP contribution >= 0.6 is 0 Å². The molecular formula is C20H23N5O3. The number of nitrogens with one attached hydrogen (secondary N) is 1. The van der Waals surface area contributed by atoms with Gasteiger partial charge in [0.1, 0.15) is 0 Å². The van der Waals surface area contributed by atoms with Gasteiger partial charge in [0.15, 0.2) is 17.3 Å². The van der Waals surface area contributed by atoms with Crippen LogP contribution in [0.25, 0.3) is 5.69 Å².